The number of ether oxygens (including phenoxy) is 1. The summed E-state index contributed by atoms with van der Waals surface area (Å²) in [6, 6.07) is 12.6. The Balaban J connectivity index is 1.52. The molecule has 0 atom stereocenters. The largest absolute Gasteiger partial charge is 0.421 e. The van der Waals surface area contributed by atoms with E-state index >= 15 is 4.39 Å². The summed E-state index contributed by atoms with van der Waals surface area (Å²) in [6.07, 6.45) is 6.38. The van der Waals surface area contributed by atoms with Gasteiger partial charge in [-0.1, -0.05) is 30.8 Å². The van der Waals surface area contributed by atoms with E-state index in [1.54, 1.807) is 53.3 Å². The summed E-state index contributed by atoms with van der Waals surface area (Å²) in [7, 11) is 0. The maximum atomic E-state index is 15.6. The standard InChI is InChI=1S/C33H27FN6O2S2/c1-5-26(41)37-15-20-6-8-22(17(2)12-20)29-27(21-7-9-25(24(34)13-21)42-33-36-11-10-18(3)40-33)28-30(44-29)23(16-38-31(28)35)32-39-14-19(4)43-32/h5-14,16H,1,15H2,2-4H3,(H2,35,38)(H,37,41). The van der Waals surface area contributed by atoms with Crippen LogP contribution in [0.25, 0.3) is 42.2 Å². The number of aryl methyl sites for hydroxylation is 3. The zero-order chi connectivity index (χ0) is 31.0. The van der Waals surface area contributed by atoms with Crippen molar-refractivity contribution in [3.8, 4) is 43.9 Å². The molecule has 4 aromatic heterocycles. The molecule has 0 fully saturated rings. The quantitative estimate of drug-likeness (QED) is 0.167. The second kappa shape index (κ2) is 11.9. The van der Waals surface area contributed by atoms with Gasteiger partial charge in [0.25, 0.3) is 0 Å². The van der Waals surface area contributed by atoms with E-state index in [4.69, 9.17) is 10.5 Å². The minimum Gasteiger partial charge on any atom is -0.421 e. The van der Waals surface area contributed by atoms with Crippen LogP contribution >= 0.6 is 22.7 Å². The first-order valence-electron chi connectivity index (χ1n) is 13.6. The number of fused-ring (bicyclic) bond motifs is 1. The van der Waals surface area contributed by atoms with E-state index in [1.165, 1.54) is 12.1 Å². The summed E-state index contributed by atoms with van der Waals surface area (Å²) in [5.74, 6) is -0.464. The van der Waals surface area contributed by atoms with Crippen LogP contribution in [0.1, 0.15) is 21.7 Å². The fourth-order valence-corrected chi connectivity index (χ4v) is 7.16. The zero-order valence-electron chi connectivity index (χ0n) is 24.1. The molecule has 0 unspecified atom stereocenters. The Bertz CT molecular complexity index is 2070. The van der Waals surface area contributed by atoms with Gasteiger partial charge in [-0.05, 0) is 67.3 Å². The lowest BCUT2D eigenvalue weighted by molar-refractivity contribution is -0.116. The minimum absolute atomic E-state index is 0.00702. The number of carbonyl (C=O) groups is 1. The fourth-order valence-electron chi connectivity index (χ4n) is 4.88. The van der Waals surface area contributed by atoms with Gasteiger partial charge in [0, 0.05) is 57.1 Å². The molecule has 220 valence electrons. The van der Waals surface area contributed by atoms with Gasteiger partial charge < -0.3 is 15.8 Å². The van der Waals surface area contributed by atoms with Crippen LogP contribution < -0.4 is 15.8 Å². The molecule has 2 aromatic carbocycles. The van der Waals surface area contributed by atoms with Crippen molar-refractivity contribution in [2.45, 2.75) is 27.3 Å². The van der Waals surface area contributed by atoms with Crippen molar-refractivity contribution in [2.75, 3.05) is 5.73 Å². The number of hydrogen-bond acceptors (Lipinski definition) is 9. The number of amides is 1. The average Bonchev–Trinajstić information content (AvgIpc) is 3.62. The van der Waals surface area contributed by atoms with Crippen LogP contribution in [0.2, 0.25) is 0 Å². The predicted octanol–water partition coefficient (Wildman–Crippen LogP) is 7.78. The van der Waals surface area contributed by atoms with Crippen LogP contribution in [0.15, 0.2) is 73.7 Å². The molecule has 0 bridgehead atoms. The van der Waals surface area contributed by atoms with Crippen LogP contribution in [0.4, 0.5) is 10.2 Å². The van der Waals surface area contributed by atoms with Crippen LogP contribution in [0, 0.1) is 26.6 Å². The number of pyridine rings is 1. The normalized spacial score (nSPS) is 11.1. The number of hydrogen-bond donors (Lipinski definition) is 2. The lowest BCUT2D eigenvalue weighted by Gasteiger charge is -2.12. The Morgan fingerprint density at radius 2 is 1.89 bits per heavy atom. The Hall–Kier alpha value is -5.00. The molecular formula is C33H27FN6O2S2. The third-order valence-corrected chi connectivity index (χ3v) is 9.18. The fraction of sp³-hybridized carbons (Fsp3) is 0.121. The van der Waals surface area contributed by atoms with Crippen molar-refractivity contribution in [3.05, 3.63) is 101 Å². The van der Waals surface area contributed by atoms with Gasteiger partial charge in [-0.25, -0.2) is 24.3 Å². The minimum atomic E-state index is -0.568. The van der Waals surface area contributed by atoms with Crippen LogP contribution in [-0.4, -0.2) is 25.8 Å². The molecule has 0 saturated carbocycles. The summed E-state index contributed by atoms with van der Waals surface area (Å²) in [5.41, 5.74) is 12.4. The molecule has 0 aliphatic heterocycles. The summed E-state index contributed by atoms with van der Waals surface area (Å²) in [6.45, 7) is 9.70. The van der Waals surface area contributed by atoms with Crippen LogP contribution in [-0.2, 0) is 11.3 Å². The Morgan fingerprint density at radius 3 is 2.59 bits per heavy atom. The lowest BCUT2D eigenvalue weighted by Crippen LogP contribution is -2.19. The average molecular weight is 623 g/mol. The molecule has 8 nitrogen and oxygen atoms in total. The van der Waals surface area contributed by atoms with E-state index in [0.29, 0.717) is 23.6 Å². The molecule has 3 N–H and O–H groups in total. The van der Waals surface area contributed by atoms with E-state index in [1.807, 2.05) is 45.2 Å². The predicted molar refractivity (Wildman–Crippen MR) is 174 cm³/mol. The molecule has 0 aliphatic carbocycles. The second-order valence-corrected chi connectivity index (χ2v) is 12.4. The Labute approximate surface area is 261 Å². The van der Waals surface area contributed by atoms with Crippen molar-refractivity contribution in [3.63, 3.8) is 0 Å². The van der Waals surface area contributed by atoms with Crippen LogP contribution in [0.3, 0.4) is 0 Å². The van der Waals surface area contributed by atoms with E-state index in [-0.39, 0.29) is 17.7 Å². The maximum absolute atomic E-state index is 15.6. The number of rotatable bonds is 8. The number of thiazole rings is 1. The van der Waals surface area contributed by atoms with Crippen molar-refractivity contribution < 1.29 is 13.9 Å². The first kappa shape index (κ1) is 29.1. The molecule has 0 radical (unpaired) electrons. The number of carbonyl (C=O) groups excluding carboxylic acids is 1. The molecule has 6 rings (SSSR count). The lowest BCUT2D eigenvalue weighted by atomic mass is 9.95. The van der Waals surface area contributed by atoms with Crippen molar-refractivity contribution in [1.82, 2.24) is 25.3 Å². The number of thiophene rings is 1. The SMILES string of the molecule is C=CC(=O)NCc1ccc(-c2sc3c(-c4ncc(C)s4)cnc(N)c3c2-c2ccc(Oc3nccc(C)n3)c(F)c2)c(C)c1. The van der Waals surface area contributed by atoms with Crippen molar-refractivity contribution in [1.29, 1.82) is 0 Å². The topological polar surface area (TPSA) is 116 Å². The molecule has 4 heterocycles. The highest BCUT2D eigenvalue weighted by Crippen LogP contribution is 2.50. The zero-order valence-corrected chi connectivity index (χ0v) is 25.8. The molecular weight excluding hydrogens is 596 g/mol. The maximum Gasteiger partial charge on any atom is 0.322 e. The third-order valence-electron chi connectivity index (χ3n) is 6.98. The van der Waals surface area contributed by atoms with Gasteiger partial charge in [0.15, 0.2) is 11.6 Å². The highest BCUT2D eigenvalue weighted by molar-refractivity contribution is 7.24. The molecule has 0 saturated heterocycles. The number of benzene rings is 2. The number of anilines is 1. The Kier molecular flexibility index (Phi) is 7.90. The highest BCUT2D eigenvalue weighted by atomic mass is 32.1. The number of aromatic nitrogens is 4. The molecule has 1 amide bonds. The van der Waals surface area contributed by atoms with Gasteiger partial charge in [0.05, 0.1) is 4.70 Å². The van der Waals surface area contributed by atoms with Crippen LogP contribution in [0.5, 0.6) is 11.8 Å². The van der Waals surface area contributed by atoms with Gasteiger partial charge in [0.1, 0.15) is 10.8 Å². The molecule has 11 heteroatoms. The third kappa shape index (κ3) is 5.67. The number of nitrogens with one attached hydrogen (secondary N) is 1. The first-order valence-corrected chi connectivity index (χ1v) is 15.3. The summed E-state index contributed by atoms with van der Waals surface area (Å²) in [4.78, 5) is 31.1. The summed E-state index contributed by atoms with van der Waals surface area (Å²) < 4.78 is 22.2. The smallest absolute Gasteiger partial charge is 0.322 e. The second-order valence-electron chi connectivity index (χ2n) is 10.1. The van der Waals surface area contributed by atoms with Gasteiger partial charge >= 0.3 is 6.01 Å². The van der Waals surface area contributed by atoms with E-state index in [2.05, 4.69) is 31.8 Å². The van der Waals surface area contributed by atoms with Gasteiger partial charge in [0.2, 0.25) is 5.91 Å². The molecule has 6 aromatic rings. The molecule has 0 aliphatic rings. The van der Waals surface area contributed by atoms with Crippen molar-refractivity contribution in [2.24, 2.45) is 0 Å². The van der Waals surface area contributed by atoms with Gasteiger partial charge in [-0.2, -0.15) is 0 Å². The van der Waals surface area contributed by atoms with E-state index < -0.39 is 5.82 Å². The Morgan fingerprint density at radius 1 is 1.05 bits per heavy atom. The summed E-state index contributed by atoms with van der Waals surface area (Å²) >= 11 is 3.14. The molecule has 44 heavy (non-hydrogen) atoms. The summed E-state index contributed by atoms with van der Waals surface area (Å²) in [5, 5.41) is 4.37. The first-order chi connectivity index (χ1) is 21.2. The number of nitrogen functional groups attached to an aromatic ring is 1. The van der Waals surface area contributed by atoms with E-state index in [0.717, 1.165) is 52.7 Å². The number of nitrogens with two attached hydrogens (primary N) is 1. The van der Waals surface area contributed by atoms with Gasteiger partial charge in [-0.3, -0.25) is 4.79 Å². The monoisotopic (exact) mass is 622 g/mol. The molecule has 0 spiro atoms. The highest BCUT2D eigenvalue weighted by Gasteiger charge is 2.24. The van der Waals surface area contributed by atoms with E-state index in [9.17, 15) is 4.79 Å². The number of nitrogens with zero attached hydrogens (tertiary/aromatic N) is 4. The van der Waals surface area contributed by atoms with Crippen molar-refractivity contribution >= 4 is 44.5 Å². The number of halogens is 1. The van der Waals surface area contributed by atoms with Gasteiger partial charge in [-0.15, -0.1) is 22.7 Å².